The van der Waals surface area contributed by atoms with Gasteiger partial charge in [-0.25, -0.2) is 0 Å². The van der Waals surface area contributed by atoms with Gasteiger partial charge in [0, 0.05) is 28.8 Å². The van der Waals surface area contributed by atoms with Crippen LogP contribution < -0.4 is 15.5 Å². The number of nitrogens with one attached hydrogen (secondary N) is 2. The third-order valence-corrected chi connectivity index (χ3v) is 5.72. The van der Waals surface area contributed by atoms with E-state index in [1.165, 1.54) is 0 Å². The van der Waals surface area contributed by atoms with Crippen molar-refractivity contribution in [2.75, 3.05) is 22.1 Å². The van der Waals surface area contributed by atoms with Gasteiger partial charge in [0.15, 0.2) is 0 Å². The topological polar surface area (TPSA) is 78.5 Å². The highest BCUT2D eigenvalue weighted by atomic mass is 79.9. The van der Waals surface area contributed by atoms with Crippen molar-refractivity contribution in [1.82, 2.24) is 0 Å². The maximum atomic E-state index is 13.0. The second kappa shape index (κ2) is 9.14. The quantitative estimate of drug-likeness (QED) is 0.537. The SMILES string of the molecule is O=C(Nc1ccccc1C(=O)Nc1cccc(N2CCCC2=O)c1)c1ccccc1Br. The van der Waals surface area contributed by atoms with Crippen LogP contribution >= 0.6 is 15.9 Å². The molecule has 2 N–H and O–H groups in total. The third-order valence-electron chi connectivity index (χ3n) is 5.03. The van der Waals surface area contributed by atoms with Crippen molar-refractivity contribution >= 4 is 50.7 Å². The number of carbonyl (C=O) groups excluding carboxylic acids is 3. The summed E-state index contributed by atoms with van der Waals surface area (Å²) in [6.45, 7) is 0.681. The molecule has 3 amide bonds. The molecular formula is C24H20BrN3O3. The Morgan fingerprint density at radius 3 is 2.29 bits per heavy atom. The zero-order valence-corrected chi connectivity index (χ0v) is 18.2. The summed E-state index contributed by atoms with van der Waals surface area (Å²) in [6.07, 6.45) is 1.38. The van der Waals surface area contributed by atoms with E-state index in [1.54, 1.807) is 65.6 Å². The van der Waals surface area contributed by atoms with E-state index in [4.69, 9.17) is 0 Å². The molecule has 0 unspecified atom stereocenters. The standard InChI is InChI=1S/C24H20BrN3O3/c25-20-11-3-1-9-18(20)23(30)27-21-12-4-2-10-19(21)24(31)26-16-7-5-8-17(15-16)28-14-6-13-22(28)29/h1-5,7-12,15H,6,13-14H2,(H,26,31)(H,27,30). The Labute approximate surface area is 188 Å². The average molecular weight is 478 g/mol. The largest absolute Gasteiger partial charge is 0.322 e. The van der Waals surface area contributed by atoms with Gasteiger partial charge >= 0.3 is 0 Å². The van der Waals surface area contributed by atoms with Gasteiger partial charge in [-0.05, 0) is 64.8 Å². The molecule has 0 spiro atoms. The maximum Gasteiger partial charge on any atom is 0.257 e. The monoisotopic (exact) mass is 477 g/mol. The number of amides is 3. The summed E-state index contributed by atoms with van der Waals surface area (Å²) in [6, 6.07) is 21.1. The van der Waals surface area contributed by atoms with Gasteiger partial charge in [0.05, 0.1) is 16.8 Å². The van der Waals surface area contributed by atoms with Crippen LogP contribution in [0.5, 0.6) is 0 Å². The zero-order chi connectivity index (χ0) is 21.8. The minimum atomic E-state index is -0.354. The molecule has 4 rings (SSSR count). The Kier molecular flexibility index (Phi) is 6.13. The summed E-state index contributed by atoms with van der Waals surface area (Å²) in [5.41, 5.74) is 2.56. The molecule has 1 saturated heterocycles. The first-order chi connectivity index (χ1) is 15.0. The van der Waals surface area contributed by atoms with Gasteiger partial charge in [-0.1, -0.05) is 30.3 Å². The van der Waals surface area contributed by atoms with Gasteiger partial charge in [-0.3, -0.25) is 14.4 Å². The molecule has 0 atom stereocenters. The van der Waals surface area contributed by atoms with E-state index in [2.05, 4.69) is 26.6 Å². The van der Waals surface area contributed by atoms with E-state index >= 15 is 0 Å². The van der Waals surface area contributed by atoms with Crippen molar-refractivity contribution in [2.24, 2.45) is 0 Å². The highest BCUT2D eigenvalue weighted by Crippen LogP contribution is 2.26. The van der Waals surface area contributed by atoms with Gasteiger partial charge < -0.3 is 15.5 Å². The summed E-state index contributed by atoms with van der Waals surface area (Å²) in [4.78, 5) is 39.4. The molecule has 0 bridgehead atoms. The highest BCUT2D eigenvalue weighted by molar-refractivity contribution is 9.10. The summed E-state index contributed by atoms with van der Waals surface area (Å²) >= 11 is 3.37. The summed E-state index contributed by atoms with van der Waals surface area (Å²) in [5.74, 6) is -0.584. The van der Waals surface area contributed by atoms with Crippen LogP contribution in [0.25, 0.3) is 0 Å². The summed E-state index contributed by atoms with van der Waals surface area (Å²) < 4.78 is 0.669. The Hall–Kier alpha value is -3.45. The van der Waals surface area contributed by atoms with Gasteiger partial charge in [0.2, 0.25) is 5.91 Å². The van der Waals surface area contributed by atoms with Gasteiger partial charge in [0.25, 0.3) is 11.8 Å². The number of halogens is 1. The minimum Gasteiger partial charge on any atom is -0.322 e. The number of para-hydroxylation sites is 1. The zero-order valence-electron chi connectivity index (χ0n) is 16.6. The Morgan fingerprint density at radius 2 is 1.55 bits per heavy atom. The predicted molar refractivity (Wildman–Crippen MR) is 125 cm³/mol. The first kappa shape index (κ1) is 20.8. The number of benzene rings is 3. The van der Waals surface area contributed by atoms with E-state index in [0.717, 1.165) is 12.1 Å². The lowest BCUT2D eigenvalue weighted by Crippen LogP contribution is -2.24. The molecule has 1 heterocycles. The molecule has 1 fully saturated rings. The van der Waals surface area contributed by atoms with Crippen LogP contribution in [0, 0.1) is 0 Å². The van der Waals surface area contributed by atoms with Crippen molar-refractivity contribution in [2.45, 2.75) is 12.8 Å². The van der Waals surface area contributed by atoms with E-state index in [1.807, 2.05) is 12.1 Å². The van der Waals surface area contributed by atoms with Gasteiger partial charge in [-0.2, -0.15) is 0 Å². The van der Waals surface area contributed by atoms with E-state index < -0.39 is 0 Å². The Bertz CT molecular complexity index is 1160. The number of carbonyl (C=O) groups is 3. The normalized spacial score (nSPS) is 13.2. The van der Waals surface area contributed by atoms with Crippen LogP contribution in [-0.4, -0.2) is 24.3 Å². The van der Waals surface area contributed by atoms with Crippen molar-refractivity contribution in [3.8, 4) is 0 Å². The van der Waals surface area contributed by atoms with Crippen LogP contribution in [0.1, 0.15) is 33.6 Å². The number of rotatable bonds is 5. The van der Waals surface area contributed by atoms with Crippen molar-refractivity contribution in [3.05, 3.63) is 88.4 Å². The van der Waals surface area contributed by atoms with Crippen LogP contribution in [0.4, 0.5) is 17.1 Å². The lowest BCUT2D eigenvalue weighted by Gasteiger charge is -2.17. The first-order valence-corrected chi connectivity index (χ1v) is 10.7. The third kappa shape index (κ3) is 4.67. The number of nitrogens with zero attached hydrogens (tertiary/aromatic N) is 1. The van der Waals surface area contributed by atoms with Crippen LogP contribution in [-0.2, 0) is 4.79 Å². The van der Waals surface area contributed by atoms with E-state index in [-0.39, 0.29) is 17.7 Å². The molecule has 3 aromatic rings. The molecule has 3 aromatic carbocycles. The van der Waals surface area contributed by atoms with Crippen LogP contribution in [0.2, 0.25) is 0 Å². The predicted octanol–water partition coefficient (Wildman–Crippen LogP) is 5.08. The Balaban J connectivity index is 1.53. The molecule has 0 aromatic heterocycles. The molecule has 6 nitrogen and oxygen atoms in total. The lowest BCUT2D eigenvalue weighted by atomic mass is 10.1. The minimum absolute atomic E-state index is 0.0867. The number of anilines is 3. The second-order valence-corrected chi connectivity index (χ2v) is 7.99. The van der Waals surface area contributed by atoms with Gasteiger partial charge in [-0.15, -0.1) is 0 Å². The average Bonchev–Trinajstić information content (AvgIpc) is 3.20. The first-order valence-electron chi connectivity index (χ1n) is 9.89. The smallest absolute Gasteiger partial charge is 0.257 e. The van der Waals surface area contributed by atoms with Crippen molar-refractivity contribution < 1.29 is 14.4 Å². The van der Waals surface area contributed by atoms with Crippen molar-refractivity contribution in [1.29, 1.82) is 0 Å². The molecule has 0 radical (unpaired) electrons. The molecule has 0 aliphatic carbocycles. The van der Waals surface area contributed by atoms with Crippen LogP contribution in [0.3, 0.4) is 0 Å². The molecular weight excluding hydrogens is 458 g/mol. The highest BCUT2D eigenvalue weighted by Gasteiger charge is 2.22. The Morgan fingerprint density at radius 1 is 0.839 bits per heavy atom. The molecule has 7 heteroatoms. The molecule has 1 aliphatic heterocycles. The molecule has 1 aliphatic rings. The number of hydrogen-bond acceptors (Lipinski definition) is 3. The van der Waals surface area contributed by atoms with E-state index in [0.29, 0.717) is 39.9 Å². The fraction of sp³-hybridized carbons (Fsp3) is 0.125. The molecule has 156 valence electrons. The maximum absolute atomic E-state index is 13.0. The molecule has 31 heavy (non-hydrogen) atoms. The fourth-order valence-electron chi connectivity index (χ4n) is 3.50. The number of hydrogen-bond donors (Lipinski definition) is 2. The summed E-state index contributed by atoms with van der Waals surface area (Å²) in [7, 11) is 0. The second-order valence-electron chi connectivity index (χ2n) is 7.13. The summed E-state index contributed by atoms with van der Waals surface area (Å²) in [5, 5.41) is 5.68. The van der Waals surface area contributed by atoms with Crippen molar-refractivity contribution in [3.63, 3.8) is 0 Å². The van der Waals surface area contributed by atoms with Crippen LogP contribution in [0.15, 0.2) is 77.3 Å². The molecule has 0 saturated carbocycles. The van der Waals surface area contributed by atoms with E-state index in [9.17, 15) is 14.4 Å². The fourth-order valence-corrected chi connectivity index (χ4v) is 3.96. The lowest BCUT2D eigenvalue weighted by molar-refractivity contribution is -0.117. The van der Waals surface area contributed by atoms with Gasteiger partial charge in [0.1, 0.15) is 0 Å².